The first-order valence-corrected chi connectivity index (χ1v) is 1.87. The largest absolute Gasteiger partial charge is 0.295 e. The van der Waals surface area contributed by atoms with E-state index in [9.17, 15) is 9.18 Å². The molecule has 0 amide bonds. The van der Waals surface area contributed by atoms with Crippen molar-refractivity contribution >= 4 is 17.4 Å². The summed E-state index contributed by atoms with van der Waals surface area (Å²) in [7, 11) is 0. The second-order valence-electron chi connectivity index (χ2n) is 0.911. The third-order valence-corrected chi connectivity index (χ3v) is 0.615. The van der Waals surface area contributed by atoms with Crippen LogP contribution in [0.3, 0.4) is 0 Å². The summed E-state index contributed by atoms with van der Waals surface area (Å²) in [5.41, 5.74) is -1.81. The number of ketones is 1. The van der Waals surface area contributed by atoms with Crippen LogP contribution in [0, 0.1) is 0 Å². The van der Waals surface area contributed by atoms with Crippen LogP contribution < -0.4 is 0 Å². The molecule has 1 unspecified atom stereocenters. The quantitative estimate of drug-likeness (QED) is 0.462. The molecule has 0 saturated heterocycles. The maximum absolute atomic E-state index is 11.2. The monoisotopic (exact) mass is 110 g/mol. The van der Waals surface area contributed by atoms with Gasteiger partial charge in [0.25, 0.3) is 0 Å². The molecule has 0 N–H and O–H groups in total. The van der Waals surface area contributed by atoms with Gasteiger partial charge in [-0.2, -0.15) is 0 Å². The normalized spacial score (nSPS) is 13.8. The first kappa shape index (κ1) is 5.89. The summed E-state index contributed by atoms with van der Waals surface area (Å²) in [4.78, 5) is 9.64. The van der Waals surface area contributed by atoms with Gasteiger partial charge in [0.2, 0.25) is 5.63 Å². The molecule has 0 fully saturated rings. The molecule has 0 radical (unpaired) electrons. The maximum Gasteiger partial charge on any atom is 0.230 e. The van der Waals surface area contributed by atoms with Crippen LogP contribution in [0.4, 0.5) is 4.39 Å². The highest BCUT2D eigenvalue weighted by Crippen LogP contribution is 1.95. The van der Waals surface area contributed by atoms with Gasteiger partial charge in [-0.1, -0.05) is 11.6 Å². The lowest BCUT2D eigenvalue weighted by Crippen LogP contribution is -2.00. The second-order valence-corrected chi connectivity index (χ2v) is 1.29. The Hall–Kier alpha value is -0.110. The van der Waals surface area contributed by atoms with E-state index >= 15 is 0 Å². The van der Waals surface area contributed by atoms with Gasteiger partial charge in [0.05, 0.1) is 0 Å². The van der Waals surface area contributed by atoms with Crippen molar-refractivity contribution < 1.29 is 9.18 Å². The van der Waals surface area contributed by atoms with Gasteiger partial charge in [-0.25, -0.2) is 4.39 Å². The average Bonchev–Trinajstić information content (AvgIpc) is 1.36. The lowest BCUT2D eigenvalue weighted by Gasteiger charge is -1.83. The Balaban J connectivity index is 3.26. The molecule has 0 aromatic carbocycles. The molecule has 0 aromatic rings. The van der Waals surface area contributed by atoms with Crippen molar-refractivity contribution in [1.82, 2.24) is 0 Å². The lowest BCUT2D eigenvalue weighted by molar-refractivity contribution is -0.119. The minimum absolute atomic E-state index is 0.642. The highest BCUT2D eigenvalue weighted by atomic mass is 35.5. The zero-order chi connectivity index (χ0) is 5.15. The van der Waals surface area contributed by atoms with E-state index in [2.05, 4.69) is 11.6 Å². The number of Topliss-reactive ketones (excluding diaryl/α,β-unsaturated/α-hetero) is 1. The van der Waals surface area contributed by atoms with E-state index in [0.717, 1.165) is 6.92 Å². The first-order chi connectivity index (χ1) is 2.64. The van der Waals surface area contributed by atoms with Gasteiger partial charge in [0.1, 0.15) is 0 Å². The predicted molar refractivity (Wildman–Crippen MR) is 21.4 cm³/mol. The zero-order valence-electron chi connectivity index (χ0n) is 3.24. The Morgan fingerprint density at radius 3 is 2.17 bits per heavy atom. The molecule has 0 bridgehead atoms. The van der Waals surface area contributed by atoms with Crippen LogP contribution >= 0.6 is 11.6 Å². The smallest absolute Gasteiger partial charge is 0.230 e. The fraction of sp³-hybridized carbons (Fsp3) is 0.667. The molecule has 6 heavy (non-hydrogen) atoms. The molecule has 0 spiro atoms. The van der Waals surface area contributed by atoms with Gasteiger partial charge >= 0.3 is 0 Å². The number of hydrogen-bond acceptors (Lipinski definition) is 1. The van der Waals surface area contributed by atoms with E-state index in [4.69, 9.17) is 0 Å². The van der Waals surface area contributed by atoms with E-state index in [1.165, 1.54) is 0 Å². The first-order valence-electron chi connectivity index (χ1n) is 1.43. The summed E-state index contributed by atoms with van der Waals surface area (Å²) in [6.45, 7) is 1.09. The van der Waals surface area contributed by atoms with Crippen molar-refractivity contribution in [2.75, 3.05) is 0 Å². The van der Waals surface area contributed by atoms with Crippen molar-refractivity contribution in [2.24, 2.45) is 0 Å². The standard InChI is InChI=1S/C3H4ClFO/c1-2(6)3(4)5/h3H,1H3. The number of carbonyl (C=O) groups excluding carboxylic acids is 1. The van der Waals surface area contributed by atoms with Crippen LogP contribution in [0.5, 0.6) is 0 Å². The molecule has 1 atom stereocenters. The molecule has 36 valence electrons. The molecule has 0 saturated carbocycles. The zero-order valence-corrected chi connectivity index (χ0v) is 4.00. The molecule has 0 aliphatic rings. The molecule has 0 heterocycles. The Morgan fingerprint density at radius 2 is 2.17 bits per heavy atom. The van der Waals surface area contributed by atoms with Gasteiger partial charge < -0.3 is 0 Å². The summed E-state index contributed by atoms with van der Waals surface area (Å²) >= 11 is 4.60. The average molecular weight is 111 g/mol. The number of halogens is 2. The number of rotatable bonds is 1. The Labute approximate surface area is 40.1 Å². The van der Waals surface area contributed by atoms with E-state index < -0.39 is 11.4 Å². The van der Waals surface area contributed by atoms with Crippen LogP contribution in [0.1, 0.15) is 6.92 Å². The van der Waals surface area contributed by atoms with E-state index in [1.54, 1.807) is 0 Å². The number of hydrogen-bond donors (Lipinski definition) is 0. The van der Waals surface area contributed by atoms with Crippen LogP contribution in [-0.4, -0.2) is 11.4 Å². The summed E-state index contributed by atoms with van der Waals surface area (Å²) in [6.07, 6.45) is 0. The minimum atomic E-state index is -1.81. The van der Waals surface area contributed by atoms with Crippen molar-refractivity contribution in [1.29, 1.82) is 0 Å². The molecule has 3 heteroatoms. The number of carbonyl (C=O) groups is 1. The van der Waals surface area contributed by atoms with Crippen molar-refractivity contribution in [3.63, 3.8) is 0 Å². The van der Waals surface area contributed by atoms with E-state index in [1.807, 2.05) is 0 Å². The highest BCUT2D eigenvalue weighted by molar-refractivity contribution is 6.29. The van der Waals surface area contributed by atoms with E-state index in [0.29, 0.717) is 0 Å². The van der Waals surface area contributed by atoms with Gasteiger partial charge in [0, 0.05) is 0 Å². The molecule has 1 nitrogen and oxygen atoms in total. The summed E-state index contributed by atoms with van der Waals surface area (Å²) in [5.74, 6) is -0.642. The second kappa shape index (κ2) is 2.13. The van der Waals surface area contributed by atoms with Crippen LogP contribution in [0.25, 0.3) is 0 Å². The molecule has 0 aliphatic heterocycles. The molecule has 0 aliphatic carbocycles. The van der Waals surface area contributed by atoms with Crippen LogP contribution in [-0.2, 0) is 4.79 Å². The third-order valence-electron chi connectivity index (χ3n) is 0.307. The van der Waals surface area contributed by atoms with E-state index in [-0.39, 0.29) is 0 Å². The Morgan fingerprint density at radius 1 is 2.00 bits per heavy atom. The minimum Gasteiger partial charge on any atom is -0.295 e. The SMILES string of the molecule is CC(=O)C(F)Cl. The van der Waals surface area contributed by atoms with Gasteiger partial charge in [-0.05, 0) is 6.92 Å². The summed E-state index contributed by atoms with van der Waals surface area (Å²) < 4.78 is 11.2. The molecule has 0 rings (SSSR count). The lowest BCUT2D eigenvalue weighted by atomic mass is 10.5. The van der Waals surface area contributed by atoms with Crippen LogP contribution in [0.15, 0.2) is 0 Å². The van der Waals surface area contributed by atoms with Crippen molar-refractivity contribution in [3.05, 3.63) is 0 Å². The van der Waals surface area contributed by atoms with Crippen molar-refractivity contribution in [3.8, 4) is 0 Å². The predicted octanol–water partition coefficient (Wildman–Crippen LogP) is 1.11. The topological polar surface area (TPSA) is 17.1 Å². The van der Waals surface area contributed by atoms with Gasteiger partial charge in [-0.3, -0.25) is 4.79 Å². The number of alkyl halides is 2. The van der Waals surface area contributed by atoms with Gasteiger partial charge in [0.15, 0.2) is 5.78 Å². The fourth-order valence-corrected chi connectivity index (χ4v) is 0. The molecular formula is C3H4ClFO. The summed E-state index contributed by atoms with van der Waals surface area (Å²) in [5, 5.41) is 0. The summed E-state index contributed by atoms with van der Waals surface area (Å²) in [6, 6.07) is 0. The highest BCUT2D eigenvalue weighted by Gasteiger charge is 2.03. The molecule has 0 aromatic heterocycles. The van der Waals surface area contributed by atoms with Crippen LogP contribution in [0.2, 0.25) is 0 Å². The molecular weight excluding hydrogens is 106 g/mol. The Bertz CT molecular complexity index is 61.8. The third kappa shape index (κ3) is 2.15. The van der Waals surface area contributed by atoms with Gasteiger partial charge in [-0.15, -0.1) is 0 Å². The fourth-order valence-electron chi connectivity index (χ4n) is 0. The Kier molecular flexibility index (Phi) is 2.09. The maximum atomic E-state index is 11.2. The van der Waals surface area contributed by atoms with Crippen molar-refractivity contribution in [2.45, 2.75) is 12.6 Å².